The van der Waals surface area contributed by atoms with Gasteiger partial charge in [0, 0.05) is 29.2 Å². The van der Waals surface area contributed by atoms with Gasteiger partial charge in [0.25, 0.3) is 11.8 Å². The van der Waals surface area contributed by atoms with E-state index in [1.807, 2.05) is 18.2 Å². The molecule has 7 nitrogen and oxygen atoms in total. The van der Waals surface area contributed by atoms with E-state index in [0.717, 1.165) is 11.1 Å². The van der Waals surface area contributed by atoms with Gasteiger partial charge < -0.3 is 14.6 Å². The highest BCUT2D eigenvalue weighted by Crippen LogP contribution is 2.23. The van der Waals surface area contributed by atoms with Crippen molar-refractivity contribution in [3.05, 3.63) is 78.6 Å². The lowest BCUT2D eigenvalue weighted by molar-refractivity contribution is 0.102. The van der Waals surface area contributed by atoms with Gasteiger partial charge in [-0.05, 0) is 54.6 Å². The van der Waals surface area contributed by atoms with Crippen molar-refractivity contribution >= 4 is 11.6 Å². The summed E-state index contributed by atoms with van der Waals surface area (Å²) in [6.07, 6.45) is 3.34. The molecule has 0 radical (unpaired) electrons. The maximum Gasteiger partial charge on any atom is 0.259 e. The Hall–Kier alpha value is -4.00. The molecular weight excluding hydrogens is 356 g/mol. The van der Waals surface area contributed by atoms with Crippen LogP contribution in [-0.2, 0) is 0 Å². The van der Waals surface area contributed by atoms with E-state index in [4.69, 9.17) is 9.26 Å². The Morgan fingerprint density at radius 3 is 2.64 bits per heavy atom. The predicted molar refractivity (Wildman–Crippen MR) is 104 cm³/mol. The fourth-order valence-electron chi connectivity index (χ4n) is 2.62. The first-order chi connectivity index (χ1) is 13.7. The minimum absolute atomic E-state index is 0.218. The number of aromatic nitrogens is 3. The Kier molecular flexibility index (Phi) is 4.79. The standard InChI is InChI=1S/C21H16N4O3/c1-27-18-6-2-4-15(12-18)20(26)23-17-9-7-14(8-10-17)19-24-21(28-25-19)16-5-3-11-22-13-16/h2-13H,1H3,(H,23,26). The van der Waals surface area contributed by atoms with Gasteiger partial charge in [0.2, 0.25) is 5.82 Å². The fourth-order valence-corrected chi connectivity index (χ4v) is 2.62. The van der Waals surface area contributed by atoms with Crippen molar-refractivity contribution in [2.45, 2.75) is 0 Å². The van der Waals surface area contributed by atoms with Crippen molar-refractivity contribution in [2.24, 2.45) is 0 Å². The molecule has 28 heavy (non-hydrogen) atoms. The minimum atomic E-state index is -0.218. The fraction of sp³-hybridized carbons (Fsp3) is 0.0476. The average Bonchev–Trinajstić information content (AvgIpc) is 3.25. The molecule has 0 unspecified atom stereocenters. The second-order valence-electron chi connectivity index (χ2n) is 5.93. The molecule has 0 aliphatic rings. The quantitative estimate of drug-likeness (QED) is 0.568. The van der Waals surface area contributed by atoms with Crippen LogP contribution in [0.15, 0.2) is 77.6 Å². The number of hydrogen-bond acceptors (Lipinski definition) is 6. The Labute approximate surface area is 161 Å². The number of amides is 1. The van der Waals surface area contributed by atoms with Gasteiger partial charge in [0.15, 0.2) is 0 Å². The molecule has 1 N–H and O–H groups in total. The normalized spacial score (nSPS) is 10.5. The second kappa shape index (κ2) is 7.71. The van der Waals surface area contributed by atoms with Gasteiger partial charge in [-0.1, -0.05) is 11.2 Å². The third-order valence-electron chi connectivity index (χ3n) is 4.07. The van der Waals surface area contributed by atoms with Crippen LogP contribution in [0.2, 0.25) is 0 Å². The molecule has 4 rings (SSSR count). The number of nitrogens with one attached hydrogen (secondary N) is 1. The topological polar surface area (TPSA) is 90.1 Å². The highest BCUT2D eigenvalue weighted by molar-refractivity contribution is 6.04. The molecule has 7 heteroatoms. The number of anilines is 1. The Bertz CT molecular complexity index is 1090. The zero-order chi connectivity index (χ0) is 19.3. The van der Waals surface area contributed by atoms with Crippen molar-refractivity contribution in [1.82, 2.24) is 15.1 Å². The van der Waals surface area contributed by atoms with E-state index in [-0.39, 0.29) is 5.91 Å². The molecule has 2 heterocycles. The van der Waals surface area contributed by atoms with E-state index in [9.17, 15) is 4.79 Å². The van der Waals surface area contributed by atoms with Gasteiger partial charge in [-0.3, -0.25) is 9.78 Å². The van der Waals surface area contributed by atoms with E-state index in [1.165, 1.54) is 0 Å². The van der Waals surface area contributed by atoms with Gasteiger partial charge in [-0.15, -0.1) is 0 Å². The predicted octanol–water partition coefficient (Wildman–Crippen LogP) is 4.06. The summed E-state index contributed by atoms with van der Waals surface area (Å²) >= 11 is 0. The largest absolute Gasteiger partial charge is 0.497 e. The lowest BCUT2D eigenvalue weighted by Crippen LogP contribution is -2.11. The van der Waals surface area contributed by atoms with E-state index in [2.05, 4.69) is 20.4 Å². The van der Waals surface area contributed by atoms with Crippen LogP contribution in [-0.4, -0.2) is 28.1 Å². The first-order valence-corrected chi connectivity index (χ1v) is 8.53. The maximum absolute atomic E-state index is 12.4. The van der Waals surface area contributed by atoms with E-state index >= 15 is 0 Å². The van der Waals surface area contributed by atoms with Gasteiger partial charge in [-0.25, -0.2) is 0 Å². The zero-order valence-electron chi connectivity index (χ0n) is 15.0. The van der Waals surface area contributed by atoms with Crippen molar-refractivity contribution in [3.63, 3.8) is 0 Å². The van der Waals surface area contributed by atoms with Crippen LogP contribution < -0.4 is 10.1 Å². The number of pyridine rings is 1. The van der Waals surface area contributed by atoms with Crippen LogP contribution in [0.25, 0.3) is 22.8 Å². The van der Waals surface area contributed by atoms with Gasteiger partial charge in [-0.2, -0.15) is 4.98 Å². The summed E-state index contributed by atoms with van der Waals surface area (Å²) in [4.78, 5) is 20.8. The molecule has 0 saturated heterocycles. The van der Waals surface area contributed by atoms with E-state index in [0.29, 0.717) is 28.7 Å². The monoisotopic (exact) mass is 372 g/mol. The first-order valence-electron chi connectivity index (χ1n) is 8.53. The average molecular weight is 372 g/mol. The van der Waals surface area contributed by atoms with Crippen LogP contribution in [0.5, 0.6) is 5.75 Å². The number of carbonyl (C=O) groups excluding carboxylic acids is 1. The number of hydrogen-bond donors (Lipinski definition) is 1. The summed E-state index contributed by atoms with van der Waals surface area (Å²) in [5, 5.41) is 6.86. The molecular formula is C21H16N4O3. The molecule has 0 spiro atoms. The van der Waals surface area contributed by atoms with E-state index in [1.54, 1.807) is 62.0 Å². The summed E-state index contributed by atoms with van der Waals surface area (Å²) in [6, 6.07) is 17.8. The number of ether oxygens (including phenoxy) is 1. The summed E-state index contributed by atoms with van der Waals surface area (Å²) in [5.41, 5.74) is 2.71. The molecule has 4 aromatic rings. The lowest BCUT2D eigenvalue weighted by atomic mass is 10.1. The number of nitrogens with zero attached hydrogens (tertiary/aromatic N) is 3. The van der Waals surface area contributed by atoms with Gasteiger partial charge >= 0.3 is 0 Å². The molecule has 1 amide bonds. The summed E-state index contributed by atoms with van der Waals surface area (Å²) < 4.78 is 10.4. The number of carbonyl (C=O) groups is 1. The first kappa shape index (κ1) is 17.4. The molecule has 0 aliphatic carbocycles. The molecule has 2 aromatic heterocycles. The highest BCUT2D eigenvalue weighted by Gasteiger charge is 2.11. The number of benzene rings is 2. The zero-order valence-corrected chi connectivity index (χ0v) is 15.0. The third kappa shape index (κ3) is 3.73. The smallest absolute Gasteiger partial charge is 0.259 e. The van der Waals surface area contributed by atoms with Gasteiger partial charge in [0.05, 0.1) is 12.7 Å². The Morgan fingerprint density at radius 1 is 1.04 bits per heavy atom. The molecule has 138 valence electrons. The molecule has 0 saturated carbocycles. The highest BCUT2D eigenvalue weighted by atomic mass is 16.5. The lowest BCUT2D eigenvalue weighted by Gasteiger charge is -2.07. The molecule has 2 aromatic carbocycles. The maximum atomic E-state index is 12.4. The minimum Gasteiger partial charge on any atom is -0.497 e. The molecule has 0 aliphatic heterocycles. The van der Waals surface area contributed by atoms with Gasteiger partial charge in [0.1, 0.15) is 5.75 Å². The van der Waals surface area contributed by atoms with Crippen LogP contribution in [0.1, 0.15) is 10.4 Å². The molecule has 0 fully saturated rings. The molecule has 0 atom stereocenters. The van der Waals surface area contributed by atoms with Crippen molar-refractivity contribution in [2.75, 3.05) is 12.4 Å². The Morgan fingerprint density at radius 2 is 1.89 bits per heavy atom. The van der Waals surface area contributed by atoms with E-state index < -0.39 is 0 Å². The second-order valence-corrected chi connectivity index (χ2v) is 5.93. The van der Waals surface area contributed by atoms with Crippen molar-refractivity contribution < 1.29 is 14.1 Å². The van der Waals surface area contributed by atoms with Crippen LogP contribution >= 0.6 is 0 Å². The summed E-state index contributed by atoms with van der Waals surface area (Å²) in [5.74, 6) is 1.28. The number of rotatable bonds is 5. The van der Waals surface area contributed by atoms with Crippen LogP contribution in [0.4, 0.5) is 5.69 Å². The van der Waals surface area contributed by atoms with Crippen LogP contribution in [0, 0.1) is 0 Å². The number of methoxy groups -OCH3 is 1. The summed E-state index contributed by atoms with van der Waals surface area (Å²) in [6.45, 7) is 0. The SMILES string of the molecule is COc1cccc(C(=O)Nc2ccc(-c3noc(-c4cccnc4)n3)cc2)c1. The summed E-state index contributed by atoms with van der Waals surface area (Å²) in [7, 11) is 1.56. The van der Waals surface area contributed by atoms with Crippen LogP contribution in [0.3, 0.4) is 0 Å². The molecule has 0 bridgehead atoms. The third-order valence-corrected chi connectivity index (χ3v) is 4.07. The Balaban J connectivity index is 1.48. The van der Waals surface area contributed by atoms with Crippen molar-refractivity contribution in [3.8, 4) is 28.6 Å². The van der Waals surface area contributed by atoms with Crippen molar-refractivity contribution in [1.29, 1.82) is 0 Å².